The normalized spacial score (nSPS) is 19.5. The molecule has 0 aliphatic carbocycles. The summed E-state index contributed by atoms with van der Waals surface area (Å²) in [5.41, 5.74) is 6.50. The summed E-state index contributed by atoms with van der Waals surface area (Å²) in [6.07, 6.45) is 10.8. The molecular formula is C26H34N6O. The summed E-state index contributed by atoms with van der Waals surface area (Å²) in [6, 6.07) is 6.59. The maximum absolute atomic E-state index is 12.7. The highest BCUT2D eigenvalue weighted by Gasteiger charge is 2.29. The standard InChI is InChI=1S/C26H34N6O/c1-19-22(10-11-26(33)30-13-4-3-5-14-30)20(2)32-25(28-19)16-23(29-32)24-9-7-15-31(24)18-21-8-6-12-27-17-21/h6,8,12,16-17,24H,3-5,7,9-11,13-15,18H2,1-2H3. The van der Waals surface area contributed by atoms with Crippen molar-refractivity contribution in [2.24, 2.45) is 0 Å². The molecule has 2 aliphatic rings. The summed E-state index contributed by atoms with van der Waals surface area (Å²) in [5, 5.41) is 5.01. The first-order chi connectivity index (χ1) is 16.1. The van der Waals surface area contributed by atoms with Gasteiger partial charge in [0.15, 0.2) is 5.65 Å². The molecule has 5 heterocycles. The number of fused-ring (bicyclic) bond motifs is 1. The van der Waals surface area contributed by atoms with Gasteiger partial charge in [-0.15, -0.1) is 0 Å². The fraction of sp³-hybridized carbons (Fsp3) is 0.538. The number of nitrogens with zero attached hydrogens (tertiary/aromatic N) is 6. The zero-order valence-electron chi connectivity index (χ0n) is 19.8. The van der Waals surface area contributed by atoms with Crippen LogP contribution in [0.5, 0.6) is 0 Å². The molecule has 0 saturated carbocycles. The van der Waals surface area contributed by atoms with E-state index in [9.17, 15) is 4.79 Å². The monoisotopic (exact) mass is 446 g/mol. The van der Waals surface area contributed by atoms with Gasteiger partial charge in [-0.1, -0.05) is 6.07 Å². The predicted molar refractivity (Wildman–Crippen MR) is 128 cm³/mol. The van der Waals surface area contributed by atoms with Crippen molar-refractivity contribution in [3.8, 4) is 0 Å². The summed E-state index contributed by atoms with van der Waals surface area (Å²) in [4.78, 5) is 26.4. The number of carbonyl (C=O) groups is 1. The number of carbonyl (C=O) groups excluding carboxylic acids is 1. The number of aryl methyl sites for hydroxylation is 2. The molecule has 3 aromatic rings. The number of rotatable bonds is 6. The lowest BCUT2D eigenvalue weighted by atomic mass is 10.0. The van der Waals surface area contributed by atoms with Crippen molar-refractivity contribution < 1.29 is 4.79 Å². The van der Waals surface area contributed by atoms with Crippen molar-refractivity contribution in [2.45, 2.75) is 71.4 Å². The summed E-state index contributed by atoms with van der Waals surface area (Å²) in [6.45, 7) is 7.96. The average Bonchev–Trinajstić information content (AvgIpc) is 3.47. The largest absolute Gasteiger partial charge is 0.343 e. The quantitative estimate of drug-likeness (QED) is 0.572. The fourth-order valence-electron chi connectivity index (χ4n) is 5.48. The van der Waals surface area contributed by atoms with E-state index < -0.39 is 0 Å². The van der Waals surface area contributed by atoms with E-state index in [0.29, 0.717) is 12.5 Å². The summed E-state index contributed by atoms with van der Waals surface area (Å²) in [7, 11) is 0. The molecule has 1 unspecified atom stereocenters. The van der Waals surface area contributed by atoms with Crippen LogP contribution < -0.4 is 0 Å². The Morgan fingerprint density at radius 2 is 1.97 bits per heavy atom. The van der Waals surface area contributed by atoms with Gasteiger partial charge in [-0.25, -0.2) is 9.50 Å². The van der Waals surface area contributed by atoms with Crippen molar-refractivity contribution in [3.63, 3.8) is 0 Å². The lowest BCUT2D eigenvalue weighted by Gasteiger charge is -2.26. The second-order valence-corrected chi connectivity index (χ2v) is 9.53. The third kappa shape index (κ3) is 4.64. The SMILES string of the molecule is Cc1nc2cc(C3CCCN3Cc3cccnc3)nn2c(C)c1CCC(=O)N1CCCCC1. The van der Waals surface area contributed by atoms with Crippen LogP contribution in [0.1, 0.15) is 72.8 Å². The van der Waals surface area contributed by atoms with Gasteiger partial charge in [0, 0.05) is 55.9 Å². The topological polar surface area (TPSA) is 66.6 Å². The van der Waals surface area contributed by atoms with Crippen LogP contribution in [0.2, 0.25) is 0 Å². The van der Waals surface area contributed by atoms with E-state index in [2.05, 4.69) is 35.9 Å². The average molecular weight is 447 g/mol. The Labute approximate surface area is 195 Å². The number of aromatic nitrogens is 4. The minimum absolute atomic E-state index is 0.270. The summed E-state index contributed by atoms with van der Waals surface area (Å²) < 4.78 is 1.99. The van der Waals surface area contributed by atoms with E-state index in [-0.39, 0.29) is 5.91 Å². The van der Waals surface area contributed by atoms with E-state index in [4.69, 9.17) is 10.1 Å². The van der Waals surface area contributed by atoms with E-state index in [0.717, 1.165) is 80.2 Å². The number of pyridine rings is 1. The van der Waals surface area contributed by atoms with E-state index >= 15 is 0 Å². The Morgan fingerprint density at radius 3 is 2.76 bits per heavy atom. The van der Waals surface area contributed by atoms with Gasteiger partial charge >= 0.3 is 0 Å². The maximum Gasteiger partial charge on any atom is 0.222 e. The molecule has 7 heteroatoms. The number of hydrogen-bond acceptors (Lipinski definition) is 5. The van der Waals surface area contributed by atoms with E-state index in [1.54, 1.807) is 0 Å². The Hall–Kier alpha value is -2.80. The molecule has 2 aliphatic heterocycles. The highest BCUT2D eigenvalue weighted by Crippen LogP contribution is 2.33. The number of hydrogen-bond donors (Lipinski definition) is 0. The van der Waals surface area contributed by atoms with Crippen molar-refractivity contribution in [1.82, 2.24) is 29.4 Å². The highest BCUT2D eigenvalue weighted by atomic mass is 16.2. The smallest absolute Gasteiger partial charge is 0.222 e. The Bertz CT molecular complexity index is 1120. The van der Waals surface area contributed by atoms with Gasteiger partial charge in [-0.2, -0.15) is 5.10 Å². The van der Waals surface area contributed by atoms with Gasteiger partial charge in [-0.3, -0.25) is 14.7 Å². The number of amides is 1. The van der Waals surface area contributed by atoms with E-state index in [1.807, 2.05) is 27.9 Å². The van der Waals surface area contributed by atoms with Crippen molar-refractivity contribution in [3.05, 3.63) is 58.8 Å². The molecule has 0 bridgehead atoms. The molecule has 33 heavy (non-hydrogen) atoms. The first-order valence-corrected chi connectivity index (χ1v) is 12.4. The zero-order valence-corrected chi connectivity index (χ0v) is 19.8. The summed E-state index contributed by atoms with van der Waals surface area (Å²) in [5.74, 6) is 0.270. The molecule has 1 atom stereocenters. The molecule has 0 N–H and O–H groups in total. The number of piperidine rings is 1. The molecule has 2 fully saturated rings. The van der Waals surface area contributed by atoms with Gasteiger partial charge in [0.1, 0.15) is 0 Å². The molecule has 3 aromatic heterocycles. The lowest BCUT2D eigenvalue weighted by molar-refractivity contribution is -0.132. The Morgan fingerprint density at radius 1 is 1.12 bits per heavy atom. The van der Waals surface area contributed by atoms with Gasteiger partial charge < -0.3 is 4.90 Å². The molecule has 174 valence electrons. The van der Waals surface area contributed by atoms with Crippen LogP contribution in [0.4, 0.5) is 0 Å². The minimum Gasteiger partial charge on any atom is -0.343 e. The lowest BCUT2D eigenvalue weighted by Crippen LogP contribution is -2.35. The second kappa shape index (κ2) is 9.59. The number of likely N-dealkylation sites (tertiary alicyclic amines) is 2. The van der Waals surface area contributed by atoms with Crippen molar-refractivity contribution in [2.75, 3.05) is 19.6 Å². The fourth-order valence-corrected chi connectivity index (χ4v) is 5.48. The van der Waals surface area contributed by atoms with Crippen LogP contribution in [0.15, 0.2) is 30.6 Å². The maximum atomic E-state index is 12.7. The van der Waals surface area contributed by atoms with Crippen molar-refractivity contribution >= 4 is 11.6 Å². The molecule has 7 nitrogen and oxygen atoms in total. The molecule has 1 amide bonds. The van der Waals surface area contributed by atoms with Crippen LogP contribution in [-0.4, -0.2) is 54.9 Å². The third-order valence-corrected chi connectivity index (χ3v) is 7.29. The minimum atomic E-state index is 0.270. The Balaban J connectivity index is 1.34. The van der Waals surface area contributed by atoms with Crippen molar-refractivity contribution in [1.29, 1.82) is 0 Å². The molecule has 0 radical (unpaired) electrons. The first kappa shape index (κ1) is 22.0. The van der Waals surface area contributed by atoms with Gasteiger partial charge in [0.2, 0.25) is 5.91 Å². The molecular weight excluding hydrogens is 412 g/mol. The highest BCUT2D eigenvalue weighted by molar-refractivity contribution is 5.76. The van der Waals surface area contributed by atoms with Crippen LogP contribution in [0.3, 0.4) is 0 Å². The van der Waals surface area contributed by atoms with Gasteiger partial charge in [0.25, 0.3) is 0 Å². The van der Waals surface area contributed by atoms with Crippen LogP contribution in [0, 0.1) is 13.8 Å². The van der Waals surface area contributed by atoms with Crippen LogP contribution in [0.25, 0.3) is 5.65 Å². The van der Waals surface area contributed by atoms with E-state index in [1.165, 1.54) is 18.4 Å². The molecule has 5 rings (SSSR count). The second-order valence-electron chi connectivity index (χ2n) is 9.53. The molecule has 0 aromatic carbocycles. The first-order valence-electron chi connectivity index (χ1n) is 12.4. The Kier molecular flexibility index (Phi) is 6.40. The third-order valence-electron chi connectivity index (χ3n) is 7.29. The predicted octanol–water partition coefficient (Wildman–Crippen LogP) is 4.02. The summed E-state index contributed by atoms with van der Waals surface area (Å²) >= 11 is 0. The molecule has 2 saturated heterocycles. The molecule has 0 spiro atoms. The van der Waals surface area contributed by atoms with Gasteiger partial charge in [-0.05, 0) is 76.1 Å². The van der Waals surface area contributed by atoms with Crippen LogP contribution >= 0.6 is 0 Å². The van der Waals surface area contributed by atoms with Crippen LogP contribution in [-0.2, 0) is 17.8 Å². The van der Waals surface area contributed by atoms with Gasteiger partial charge in [0.05, 0.1) is 11.7 Å². The zero-order chi connectivity index (χ0) is 22.8.